The van der Waals surface area contributed by atoms with Crippen molar-refractivity contribution in [2.24, 2.45) is 0 Å². The third-order valence-corrected chi connectivity index (χ3v) is 2.93. The summed E-state index contributed by atoms with van der Waals surface area (Å²) in [6.45, 7) is 0.741. The summed E-state index contributed by atoms with van der Waals surface area (Å²) in [5, 5.41) is 3.02. The van der Waals surface area contributed by atoms with Crippen molar-refractivity contribution in [3.05, 3.63) is 24.3 Å². The number of nitrogens with zero attached hydrogens (tertiary/aromatic N) is 1. The molecule has 16 heavy (non-hydrogen) atoms. The van der Waals surface area contributed by atoms with E-state index in [1.165, 1.54) is 0 Å². The highest BCUT2D eigenvalue weighted by Crippen LogP contribution is 2.30. The second-order valence-corrected chi connectivity index (χ2v) is 3.79. The van der Waals surface area contributed by atoms with Gasteiger partial charge in [-0.15, -0.1) is 0 Å². The number of anilines is 1. The molecule has 0 spiro atoms. The zero-order valence-electron chi connectivity index (χ0n) is 9.56. The highest BCUT2D eigenvalue weighted by molar-refractivity contribution is 6.00. The smallest absolute Gasteiger partial charge is 0.244 e. The van der Waals surface area contributed by atoms with E-state index >= 15 is 0 Å². The summed E-state index contributed by atoms with van der Waals surface area (Å²) < 4.78 is 5.26. The Morgan fingerprint density at radius 3 is 2.81 bits per heavy atom. The van der Waals surface area contributed by atoms with E-state index < -0.39 is 0 Å². The molecule has 1 N–H and O–H groups in total. The molecule has 0 aromatic heterocycles. The summed E-state index contributed by atoms with van der Waals surface area (Å²) in [6.07, 6.45) is 0.841. The standard InChI is InChI=1S/C12H16N2O2/c1-13-9-7-8-14(12(9)15)10-5-3-4-6-11(10)16-2/h3-6,9,13H,7-8H2,1-2H3. The predicted octanol–water partition coefficient (Wildman–Crippen LogP) is 1.02. The van der Waals surface area contributed by atoms with Gasteiger partial charge in [0.1, 0.15) is 5.75 Å². The second-order valence-electron chi connectivity index (χ2n) is 3.79. The lowest BCUT2D eigenvalue weighted by Gasteiger charge is -2.19. The van der Waals surface area contributed by atoms with Crippen molar-refractivity contribution < 1.29 is 9.53 Å². The summed E-state index contributed by atoms with van der Waals surface area (Å²) in [5.41, 5.74) is 0.854. The van der Waals surface area contributed by atoms with Gasteiger partial charge in [0.05, 0.1) is 18.8 Å². The Balaban J connectivity index is 2.28. The molecule has 0 bridgehead atoms. The molecule has 1 fully saturated rings. The van der Waals surface area contributed by atoms with Crippen LogP contribution in [0, 0.1) is 0 Å². The summed E-state index contributed by atoms with van der Waals surface area (Å²) >= 11 is 0. The van der Waals surface area contributed by atoms with Crippen LogP contribution >= 0.6 is 0 Å². The Kier molecular flexibility index (Phi) is 3.10. The van der Waals surface area contributed by atoms with E-state index in [1.807, 2.05) is 31.3 Å². The Hall–Kier alpha value is -1.55. The molecule has 1 heterocycles. The van der Waals surface area contributed by atoms with Crippen molar-refractivity contribution >= 4 is 11.6 Å². The normalized spacial score (nSPS) is 20.2. The molecular formula is C12H16N2O2. The van der Waals surface area contributed by atoms with Crippen molar-refractivity contribution in [2.75, 3.05) is 25.6 Å². The van der Waals surface area contributed by atoms with Crippen LogP contribution in [0.15, 0.2) is 24.3 Å². The van der Waals surface area contributed by atoms with Crippen LogP contribution < -0.4 is 15.0 Å². The van der Waals surface area contributed by atoms with Gasteiger partial charge < -0.3 is 15.0 Å². The van der Waals surface area contributed by atoms with Crippen LogP contribution in [0.5, 0.6) is 5.75 Å². The molecule has 4 nitrogen and oxygen atoms in total. The molecule has 1 aromatic carbocycles. The summed E-state index contributed by atoms with van der Waals surface area (Å²) in [7, 11) is 3.43. The number of ether oxygens (including phenoxy) is 1. The highest BCUT2D eigenvalue weighted by atomic mass is 16.5. The maximum Gasteiger partial charge on any atom is 0.244 e. The molecule has 1 saturated heterocycles. The molecule has 1 amide bonds. The lowest BCUT2D eigenvalue weighted by Crippen LogP contribution is -2.36. The molecule has 0 aliphatic carbocycles. The Labute approximate surface area is 95.2 Å². The van der Waals surface area contributed by atoms with Gasteiger partial charge in [0.15, 0.2) is 0 Å². The molecular weight excluding hydrogens is 204 g/mol. The predicted molar refractivity (Wildman–Crippen MR) is 62.8 cm³/mol. The van der Waals surface area contributed by atoms with Crippen LogP contribution in [0.3, 0.4) is 0 Å². The summed E-state index contributed by atoms with van der Waals surface area (Å²) in [5.74, 6) is 0.861. The van der Waals surface area contributed by atoms with E-state index in [-0.39, 0.29) is 11.9 Å². The average Bonchev–Trinajstić information content (AvgIpc) is 2.70. The van der Waals surface area contributed by atoms with Crippen LogP contribution in [0.25, 0.3) is 0 Å². The molecule has 0 radical (unpaired) electrons. The number of rotatable bonds is 3. The molecule has 86 valence electrons. The van der Waals surface area contributed by atoms with Crippen molar-refractivity contribution in [3.8, 4) is 5.75 Å². The first kappa shape index (κ1) is 11.0. The maximum absolute atomic E-state index is 12.0. The molecule has 1 unspecified atom stereocenters. The lowest BCUT2D eigenvalue weighted by molar-refractivity contribution is -0.118. The first-order chi connectivity index (χ1) is 7.77. The number of hydrogen-bond acceptors (Lipinski definition) is 3. The van der Waals surface area contributed by atoms with Gasteiger partial charge in [-0.25, -0.2) is 0 Å². The van der Waals surface area contributed by atoms with Gasteiger partial charge in [0.2, 0.25) is 5.91 Å². The molecule has 1 aliphatic heterocycles. The Morgan fingerprint density at radius 1 is 1.44 bits per heavy atom. The SMILES string of the molecule is CNC1CCN(c2ccccc2OC)C1=O. The lowest BCUT2D eigenvalue weighted by atomic mass is 10.2. The molecule has 1 atom stereocenters. The number of para-hydroxylation sites is 2. The third kappa shape index (κ3) is 1.76. The minimum atomic E-state index is -0.0649. The average molecular weight is 220 g/mol. The van der Waals surface area contributed by atoms with Crippen LogP contribution in [0.2, 0.25) is 0 Å². The number of amides is 1. The van der Waals surface area contributed by atoms with Crippen LogP contribution in [-0.2, 0) is 4.79 Å². The van der Waals surface area contributed by atoms with E-state index in [0.717, 1.165) is 24.4 Å². The van der Waals surface area contributed by atoms with Crippen molar-refractivity contribution in [1.29, 1.82) is 0 Å². The Bertz CT molecular complexity index is 392. The summed E-state index contributed by atoms with van der Waals surface area (Å²) in [6, 6.07) is 7.53. The largest absolute Gasteiger partial charge is 0.495 e. The van der Waals surface area contributed by atoms with Gasteiger partial charge in [0, 0.05) is 6.54 Å². The zero-order chi connectivity index (χ0) is 11.5. The summed E-state index contributed by atoms with van der Waals surface area (Å²) in [4.78, 5) is 13.8. The van der Waals surface area contributed by atoms with Crippen molar-refractivity contribution in [2.45, 2.75) is 12.5 Å². The third-order valence-electron chi connectivity index (χ3n) is 2.93. The van der Waals surface area contributed by atoms with E-state index in [4.69, 9.17) is 4.74 Å². The van der Waals surface area contributed by atoms with Gasteiger partial charge in [-0.05, 0) is 25.6 Å². The monoisotopic (exact) mass is 220 g/mol. The first-order valence-electron chi connectivity index (χ1n) is 5.39. The van der Waals surface area contributed by atoms with Gasteiger partial charge in [-0.3, -0.25) is 4.79 Å². The minimum Gasteiger partial charge on any atom is -0.495 e. The van der Waals surface area contributed by atoms with Crippen LogP contribution in [0.1, 0.15) is 6.42 Å². The molecule has 2 rings (SSSR count). The Morgan fingerprint density at radius 2 is 2.19 bits per heavy atom. The minimum absolute atomic E-state index is 0.0649. The highest BCUT2D eigenvalue weighted by Gasteiger charge is 2.32. The molecule has 1 aromatic rings. The molecule has 1 aliphatic rings. The van der Waals surface area contributed by atoms with E-state index in [1.54, 1.807) is 12.0 Å². The van der Waals surface area contributed by atoms with Crippen LogP contribution in [-0.4, -0.2) is 32.7 Å². The van der Waals surface area contributed by atoms with Crippen LogP contribution in [0.4, 0.5) is 5.69 Å². The van der Waals surface area contributed by atoms with Gasteiger partial charge in [-0.2, -0.15) is 0 Å². The number of methoxy groups -OCH3 is 1. The van der Waals surface area contributed by atoms with Gasteiger partial charge in [0.25, 0.3) is 0 Å². The quantitative estimate of drug-likeness (QED) is 0.827. The van der Waals surface area contributed by atoms with E-state index in [0.29, 0.717) is 0 Å². The fraction of sp³-hybridized carbons (Fsp3) is 0.417. The van der Waals surface area contributed by atoms with Crippen molar-refractivity contribution in [3.63, 3.8) is 0 Å². The molecule has 4 heteroatoms. The second kappa shape index (κ2) is 4.53. The number of nitrogens with one attached hydrogen (secondary N) is 1. The van der Waals surface area contributed by atoms with E-state index in [2.05, 4.69) is 5.32 Å². The number of hydrogen-bond donors (Lipinski definition) is 1. The zero-order valence-corrected chi connectivity index (χ0v) is 9.56. The number of benzene rings is 1. The van der Waals surface area contributed by atoms with Gasteiger partial charge in [-0.1, -0.05) is 12.1 Å². The fourth-order valence-electron chi connectivity index (χ4n) is 2.04. The number of carbonyl (C=O) groups is 1. The maximum atomic E-state index is 12.0. The first-order valence-corrected chi connectivity index (χ1v) is 5.39. The van der Waals surface area contributed by atoms with E-state index in [9.17, 15) is 4.79 Å². The number of carbonyl (C=O) groups excluding carboxylic acids is 1. The van der Waals surface area contributed by atoms with Crippen molar-refractivity contribution in [1.82, 2.24) is 5.32 Å². The number of likely N-dealkylation sites (N-methyl/N-ethyl adjacent to an activating group) is 1. The molecule has 0 saturated carbocycles. The van der Waals surface area contributed by atoms with Gasteiger partial charge >= 0.3 is 0 Å². The fourth-order valence-corrected chi connectivity index (χ4v) is 2.04. The topological polar surface area (TPSA) is 41.6 Å².